The summed E-state index contributed by atoms with van der Waals surface area (Å²) in [6, 6.07) is 16.7. The molecule has 0 saturated carbocycles. The van der Waals surface area contributed by atoms with Gasteiger partial charge in [-0.1, -0.05) is 0 Å². The van der Waals surface area contributed by atoms with Gasteiger partial charge in [0.1, 0.15) is 0 Å². The molecule has 31 heavy (non-hydrogen) atoms. The van der Waals surface area contributed by atoms with Crippen LogP contribution in [-0.4, -0.2) is 76.4 Å². The van der Waals surface area contributed by atoms with Crippen molar-refractivity contribution in [2.24, 2.45) is 0 Å². The maximum absolute atomic E-state index is 5.76. The Labute approximate surface area is 192 Å². The number of ether oxygens (including phenoxy) is 2. The molecule has 2 aromatic carbocycles. The third-order valence-electron chi connectivity index (χ3n) is 5.96. The van der Waals surface area contributed by atoms with Crippen molar-refractivity contribution in [2.45, 2.75) is 14.8 Å². The maximum atomic E-state index is 5.76. The second-order valence-corrected chi connectivity index (χ2v) is 23.6. The minimum atomic E-state index is -2.55. The first kappa shape index (κ1) is 24.0. The molecule has 2 aromatic rings. The summed E-state index contributed by atoms with van der Waals surface area (Å²) in [7, 11) is 7.89. The monoisotopic (exact) mass is 526 g/mol. The van der Waals surface area contributed by atoms with Crippen LogP contribution in [-0.2, 0) is 0 Å². The Morgan fingerprint density at radius 1 is 0.839 bits per heavy atom. The summed E-state index contributed by atoms with van der Waals surface area (Å²) in [6.45, 7) is 2.39. The number of hydrogen-bond acceptors (Lipinski definition) is 4. The third-order valence-corrected chi connectivity index (χ3v) is 11.8. The number of methoxy groups -OCH3 is 2. The second kappa shape index (κ2) is 10.3. The molecule has 1 heterocycles. The Bertz CT molecular complexity index is 958. The molecule has 0 atom stereocenters. The first-order chi connectivity index (χ1) is 14.8. The quantitative estimate of drug-likeness (QED) is 0.378. The summed E-state index contributed by atoms with van der Waals surface area (Å²) in [5, 5.41) is 0. The molecule has 0 amide bonds. The van der Waals surface area contributed by atoms with Crippen molar-refractivity contribution in [3.8, 4) is 11.5 Å². The van der Waals surface area contributed by atoms with Crippen molar-refractivity contribution >= 4 is 34.5 Å². The van der Waals surface area contributed by atoms with E-state index in [4.69, 9.17) is 9.47 Å². The van der Waals surface area contributed by atoms with Crippen LogP contribution in [0.1, 0.15) is 11.1 Å². The Morgan fingerprint density at radius 3 is 1.84 bits per heavy atom. The molecule has 0 aromatic heterocycles. The van der Waals surface area contributed by atoms with Gasteiger partial charge in [0.05, 0.1) is 0 Å². The van der Waals surface area contributed by atoms with Gasteiger partial charge < -0.3 is 0 Å². The van der Waals surface area contributed by atoms with E-state index in [9.17, 15) is 0 Å². The van der Waals surface area contributed by atoms with Crippen molar-refractivity contribution in [1.82, 2.24) is 9.62 Å². The Balaban J connectivity index is 2.25. The van der Waals surface area contributed by atoms with E-state index in [1.165, 1.54) is 14.7 Å². The van der Waals surface area contributed by atoms with Gasteiger partial charge >= 0.3 is 193 Å². The van der Waals surface area contributed by atoms with Gasteiger partial charge in [-0.3, -0.25) is 0 Å². The van der Waals surface area contributed by atoms with E-state index in [1.54, 1.807) is 14.2 Å². The summed E-state index contributed by atoms with van der Waals surface area (Å²) in [6.07, 6.45) is 2.41. The standard InChI is InChI=1S/C22H26BN2O2.3CH3.Sn/c1-24-15-16-25(2)23(24)17-19(20-10-6-8-12-22(20)27-4)14-13-18-9-5-7-11-21(18)26-3;;;;/h5-12,14,17H,15-16H2,1-4H3;3*1H3;. The van der Waals surface area contributed by atoms with Crippen LogP contribution in [0.15, 0.2) is 60.6 Å². The van der Waals surface area contributed by atoms with Gasteiger partial charge in [-0.2, -0.15) is 0 Å². The number of benzene rings is 2. The molecule has 4 nitrogen and oxygen atoms in total. The molecule has 1 aliphatic rings. The van der Waals surface area contributed by atoms with Crippen LogP contribution in [0.2, 0.25) is 14.8 Å². The predicted molar refractivity (Wildman–Crippen MR) is 136 cm³/mol. The zero-order valence-electron chi connectivity index (χ0n) is 20.0. The molecule has 1 fully saturated rings. The van der Waals surface area contributed by atoms with E-state index in [0.717, 1.165) is 30.2 Å². The third kappa shape index (κ3) is 5.57. The zero-order valence-corrected chi connectivity index (χ0v) is 22.8. The van der Waals surface area contributed by atoms with Gasteiger partial charge in [0.15, 0.2) is 0 Å². The van der Waals surface area contributed by atoms with Crippen LogP contribution in [0, 0.1) is 0 Å². The van der Waals surface area contributed by atoms with E-state index >= 15 is 0 Å². The molecule has 0 unspecified atom stereocenters. The Morgan fingerprint density at radius 2 is 1.32 bits per heavy atom. The molecule has 6 heteroatoms. The van der Waals surface area contributed by atoms with Crippen LogP contribution in [0.5, 0.6) is 11.5 Å². The topological polar surface area (TPSA) is 24.9 Å². The fourth-order valence-corrected chi connectivity index (χ4v) is 8.73. The Hall–Kier alpha value is -1.70. The normalized spacial score (nSPS) is 16.7. The summed E-state index contributed by atoms with van der Waals surface area (Å²) in [5.74, 6) is 4.23. The van der Waals surface area contributed by atoms with Gasteiger partial charge in [0.25, 0.3) is 0 Å². The van der Waals surface area contributed by atoms with Crippen molar-refractivity contribution < 1.29 is 9.47 Å². The van der Waals surface area contributed by atoms with E-state index in [2.05, 4.69) is 80.9 Å². The fourth-order valence-electron chi connectivity index (χ4n) is 4.15. The first-order valence-electron chi connectivity index (χ1n) is 10.9. The summed E-state index contributed by atoms with van der Waals surface area (Å²) < 4.78 is 12.9. The van der Waals surface area contributed by atoms with E-state index < -0.39 is 18.4 Å². The zero-order chi connectivity index (χ0) is 22.6. The Kier molecular flexibility index (Phi) is 7.94. The van der Waals surface area contributed by atoms with E-state index in [1.807, 2.05) is 18.2 Å². The first-order valence-corrected chi connectivity index (χ1v) is 20.9. The molecule has 1 aliphatic heterocycles. The number of allylic oxidation sites excluding steroid dienone is 2. The van der Waals surface area contributed by atoms with Crippen LogP contribution >= 0.6 is 0 Å². The fraction of sp³-hybridized carbons (Fsp3) is 0.360. The van der Waals surface area contributed by atoms with Crippen LogP contribution in [0.4, 0.5) is 0 Å². The van der Waals surface area contributed by atoms with Crippen LogP contribution in [0.3, 0.4) is 0 Å². The molecule has 0 aliphatic carbocycles. The molecule has 164 valence electrons. The molecule has 1 saturated heterocycles. The van der Waals surface area contributed by atoms with Crippen molar-refractivity contribution in [1.29, 1.82) is 0 Å². The average molecular weight is 525 g/mol. The predicted octanol–water partition coefficient (Wildman–Crippen LogP) is 4.95. The number of nitrogens with zero attached hydrogens (tertiary/aromatic N) is 2. The molecular weight excluding hydrogens is 490 g/mol. The average Bonchev–Trinajstić information content (AvgIpc) is 3.07. The summed E-state index contributed by atoms with van der Waals surface area (Å²) in [4.78, 5) is 12.2. The van der Waals surface area contributed by atoms with Crippen LogP contribution in [0.25, 0.3) is 9.16 Å². The number of para-hydroxylation sites is 2. The van der Waals surface area contributed by atoms with Crippen molar-refractivity contribution in [3.63, 3.8) is 0 Å². The molecule has 0 spiro atoms. The molecular formula is C25H35BN2O2Sn. The number of likely N-dealkylation sites (N-methyl/N-ethyl adjacent to an activating group) is 2. The minimum absolute atomic E-state index is 0.255. The van der Waals surface area contributed by atoms with Gasteiger partial charge in [0.2, 0.25) is 0 Å². The number of rotatable bonds is 7. The van der Waals surface area contributed by atoms with Gasteiger partial charge in [0, 0.05) is 0 Å². The molecule has 3 rings (SSSR count). The van der Waals surface area contributed by atoms with E-state index in [-0.39, 0.29) is 6.98 Å². The summed E-state index contributed by atoms with van der Waals surface area (Å²) >= 11 is -2.55. The second-order valence-electron chi connectivity index (χ2n) is 9.21. The van der Waals surface area contributed by atoms with Gasteiger partial charge in [-0.25, -0.2) is 0 Å². The van der Waals surface area contributed by atoms with Gasteiger partial charge in [-0.05, 0) is 0 Å². The summed E-state index contributed by atoms with van der Waals surface area (Å²) in [5.41, 5.74) is 3.54. The van der Waals surface area contributed by atoms with Crippen molar-refractivity contribution in [2.75, 3.05) is 41.4 Å². The molecule has 0 radical (unpaired) electrons. The van der Waals surface area contributed by atoms with E-state index in [0.29, 0.717) is 0 Å². The molecule has 0 N–H and O–H groups in total. The van der Waals surface area contributed by atoms with Gasteiger partial charge in [-0.15, -0.1) is 0 Å². The number of hydrogen-bond donors (Lipinski definition) is 0. The van der Waals surface area contributed by atoms with Crippen molar-refractivity contribution in [3.05, 3.63) is 71.7 Å². The molecule has 0 bridgehead atoms. The van der Waals surface area contributed by atoms with Crippen LogP contribution < -0.4 is 9.47 Å². The SMILES string of the molecule is COc1ccccc1C(=CB1N(C)CCN1C)C=[C](c1ccccc1OC)[Sn]([CH3])([CH3])[CH3].